The highest BCUT2D eigenvalue weighted by atomic mass is 19.1. The van der Waals surface area contributed by atoms with E-state index in [-0.39, 0.29) is 36.0 Å². The first-order valence-electron chi connectivity index (χ1n) is 12.2. The number of imidazole rings is 1. The summed E-state index contributed by atoms with van der Waals surface area (Å²) in [5.41, 5.74) is 5.76. The molecule has 5 N–H and O–H groups in total. The topological polar surface area (TPSA) is 131 Å². The fourth-order valence-corrected chi connectivity index (χ4v) is 5.33. The van der Waals surface area contributed by atoms with Gasteiger partial charge in [-0.3, -0.25) is 9.36 Å². The van der Waals surface area contributed by atoms with Gasteiger partial charge in [0.05, 0.1) is 12.3 Å². The second kappa shape index (κ2) is 9.92. The normalized spacial score (nSPS) is 24.2. The van der Waals surface area contributed by atoms with Gasteiger partial charge in [0.2, 0.25) is 17.8 Å². The number of carbonyl (C=O) groups is 1. The average Bonchev–Trinajstić information content (AvgIpc) is 3.38. The van der Waals surface area contributed by atoms with Crippen LogP contribution in [-0.2, 0) is 4.79 Å². The predicted molar refractivity (Wildman–Crippen MR) is 127 cm³/mol. The molecule has 0 unspecified atom stereocenters. The third-order valence-corrected chi connectivity index (χ3v) is 7.09. The maximum absolute atomic E-state index is 14.4. The molecule has 0 aliphatic heterocycles. The van der Waals surface area contributed by atoms with Crippen LogP contribution in [0.5, 0.6) is 0 Å². The molecule has 2 aliphatic carbocycles. The van der Waals surface area contributed by atoms with Crippen molar-refractivity contribution in [1.29, 1.82) is 0 Å². The molecule has 2 fully saturated rings. The minimum Gasteiger partial charge on any atom is -0.393 e. The van der Waals surface area contributed by atoms with Gasteiger partial charge in [-0.15, -0.1) is 0 Å². The number of fused-ring (bicyclic) bond motifs is 1. The van der Waals surface area contributed by atoms with E-state index in [1.807, 2.05) is 0 Å². The summed E-state index contributed by atoms with van der Waals surface area (Å²) >= 11 is 0. The number of benzene rings is 1. The molecule has 192 valence electrons. The van der Waals surface area contributed by atoms with Gasteiger partial charge >= 0.3 is 0 Å². The van der Waals surface area contributed by atoms with Gasteiger partial charge in [-0.1, -0.05) is 0 Å². The summed E-state index contributed by atoms with van der Waals surface area (Å²) in [6, 6.07) is 1.14. The number of hydrogen-bond donors (Lipinski definition) is 4. The van der Waals surface area contributed by atoms with Crippen molar-refractivity contribution in [3.63, 3.8) is 0 Å². The minimum absolute atomic E-state index is 0.0399. The van der Waals surface area contributed by atoms with Gasteiger partial charge in [0.15, 0.2) is 17.3 Å². The lowest BCUT2D eigenvalue weighted by molar-refractivity contribution is -0.119. The number of nitrogens with one attached hydrogen (secondary N) is 2. The van der Waals surface area contributed by atoms with Crippen LogP contribution in [-0.4, -0.2) is 42.7 Å². The Morgan fingerprint density at radius 1 is 1.08 bits per heavy atom. The van der Waals surface area contributed by atoms with Gasteiger partial charge < -0.3 is 21.5 Å². The number of hydrogen-bond acceptors (Lipinski definition) is 7. The number of primary amides is 1. The van der Waals surface area contributed by atoms with Crippen LogP contribution in [0.25, 0.3) is 11.2 Å². The quantitative estimate of drug-likeness (QED) is 0.384. The second-order valence-electron chi connectivity index (χ2n) is 9.73. The van der Waals surface area contributed by atoms with Crippen LogP contribution in [0.2, 0.25) is 0 Å². The molecule has 1 aromatic carbocycles. The Morgan fingerprint density at radius 3 is 2.44 bits per heavy atom. The number of aliphatic hydroxyl groups is 1. The van der Waals surface area contributed by atoms with Gasteiger partial charge in [-0.25, -0.2) is 23.1 Å². The Kier molecular flexibility index (Phi) is 6.69. The number of carbonyl (C=O) groups excluding carboxylic acids is 1. The average molecular weight is 504 g/mol. The second-order valence-corrected chi connectivity index (χ2v) is 9.73. The third-order valence-electron chi connectivity index (χ3n) is 7.09. The van der Waals surface area contributed by atoms with Crippen molar-refractivity contribution < 1.29 is 23.1 Å². The van der Waals surface area contributed by atoms with Crippen molar-refractivity contribution in [2.24, 2.45) is 11.7 Å². The van der Waals surface area contributed by atoms with E-state index in [2.05, 4.69) is 25.6 Å². The lowest BCUT2D eigenvalue weighted by Gasteiger charge is -2.30. The Labute approximate surface area is 205 Å². The number of anilines is 3. The van der Waals surface area contributed by atoms with Crippen LogP contribution in [0, 0.1) is 23.4 Å². The monoisotopic (exact) mass is 503 g/mol. The Hall–Kier alpha value is -3.41. The molecule has 0 saturated heterocycles. The largest absolute Gasteiger partial charge is 0.393 e. The van der Waals surface area contributed by atoms with E-state index < -0.39 is 23.1 Å². The molecule has 0 spiro atoms. The van der Waals surface area contributed by atoms with E-state index in [9.17, 15) is 23.1 Å². The SMILES string of the molecule is NC(=O)CC1CCC(n2c(Nc3c(F)cc(F)cc3F)nc3cnc(N[C@H]4CC[C@H](O)C4)nc32)CC1. The number of aliphatic hydroxyl groups excluding tert-OH is 1. The third kappa shape index (κ3) is 5.08. The van der Waals surface area contributed by atoms with Crippen molar-refractivity contribution in [2.75, 3.05) is 10.6 Å². The number of amides is 1. The molecule has 2 aromatic heterocycles. The minimum atomic E-state index is -1.08. The van der Waals surface area contributed by atoms with Crippen LogP contribution in [0.1, 0.15) is 57.4 Å². The smallest absolute Gasteiger partial charge is 0.224 e. The lowest BCUT2D eigenvalue weighted by atomic mass is 9.84. The highest BCUT2D eigenvalue weighted by Gasteiger charge is 2.29. The zero-order valence-electron chi connectivity index (χ0n) is 19.6. The number of rotatable bonds is 7. The summed E-state index contributed by atoms with van der Waals surface area (Å²) in [5, 5.41) is 15.8. The van der Waals surface area contributed by atoms with E-state index in [0.717, 1.165) is 19.3 Å². The maximum atomic E-state index is 14.4. The first kappa shape index (κ1) is 24.3. The van der Waals surface area contributed by atoms with Crippen LogP contribution >= 0.6 is 0 Å². The molecule has 2 atom stereocenters. The number of nitrogens with two attached hydrogens (primary N) is 1. The van der Waals surface area contributed by atoms with E-state index in [4.69, 9.17) is 5.73 Å². The molecule has 36 heavy (non-hydrogen) atoms. The lowest BCUT2D eigenvalue weighted by Crippen LogP contribution is -2.24. The highest BCUT2D eigenvalue weighted by molar-refractivity contribution is 5.77. The van der Waals surface area contributed by atoms with Gasteiger partial charge in [0.25, 0.3) is 0 Å². The fourth-order valence-electron chi connectivity index (χ4n) is 5.33. The van der Waals surface area contributed by atoms with E-state index >= 15 is 0 Å². The van der Waals surface area contributed by atoms with E-state index in [1.165, 1.54) is 6.20 Å². The van der Waals surface area contributed by atoms with Gasteiger partial charge in [0.1, 0.15) is 17.0 Å². The summed E-state index contributed by atoms with van der Waals surface area (Å²) in [6.07, 6.45) is 6.47. The molecule has 0 bridgehead atoms. The van der Waals surface area contributed by atoms with Gasteiger partial charge in [-0.05, 0) is 50.9 Å². The van der Waals surface area contributed by atoms with Gasteiger partial charge in [0, 0.05) is 30.6 Å². The molecule has 1 amide bonds. The molecule has 2 heterocycles. The number of halogens is 3. The summed E-state index contributed by atoms with van der Waals surface area (Å²) in [5.74, 6) is -2.80. The van der Waals surface area contributed by atoms with Crippen molar-refractivity contribution in [1.82, 2.24) is 19.5 Å². The van der Waals surface area contributed by atoms with E-state index in [0.29, 0.717) is 61.3 Å². The van der Waals surface area contributed by atoms with Crippen LogP contribution in [0.3, 0.4) is 0 Å². The molecule has 2 aliphatic rings. The molecular weight excluding hydrogens is 475 g/mol. The summed E-state index contributed by atoms with van der Waals surface area (Å²) in [4.78, 5) is 24.9. The summed E-state index contributed by atoms with van der Waals surface area (Å²) in [6.45, 7) is 0. The first-order chi connectivity index (χ1) is 17.3. The molecule has 0 radical (unpaired) electrons. The molecule has 9 nitrogen and oxygen atoms in total. The fraction of sp³-hybridized carbons (Fsp3) is 0.500. The summed E-state index contributed by atoms with van der Waals surface area (Å²) < 4.78 is 44.1. The van der Waals surface area contributed by atoms with Crippen LogP contribution in [0.4, 0.5) is 30.8 Å². The van der Waals surface area contributed by atoms with Crippen LogP contribution in [0.15, 0.2) is 18.3 Å². The zero-order chi connectivity index (χ0) is 25.4. The van der Waals surface area contributed by atoms with Crippen LogP contribution < -0.4 is 16.4 Å². The molecule has 12 heteroatoms. The van der Waals surface area contributed by atoms with Crippen molar-refractivity contribution >= 4 is 34.7 Å². The number of nitrogens with zero attached hydrogens (tertiary/aromatic N) is 4. The zero-order valence-corrected chi connectivity index (χ0v) is 19.6. The molecule has 2 saturated carbocycles. The van der Waals surface area contributed by atoms with Crippen molar-refractivity contribution in [2.45, 2.75) is 69.6 Å². The summed E-state index contributed by atoms with van der Waals surface area (Å²) in [7, 11) is 0. The maximum Gasteiger partial charge on any atom is 0.224 e. The van der Waals surface area contributed by atoms with Gasteiger partial charge in [-0.2, -0.15) is 4.98 Å². The van der Waals surface area contributed by atoms with Crippen molar-refractivity contribution in [3.8, 4) is 0 Å². The highest BCUT2D eigenvalue weighted by Crippen LogP contribution is 2.38. The Morgan fingerprint density at radius 2 is 1.81 bits per heavy atom. The Balaban J connectivity index is 1.50. The number of aromatic nitrogens is 4. The molecule has 5 rings (SSSR count). The molecule has 3 aromatic rings. The molecular formula is C24H28F3N7O2. The standard InChI is InChI=1S/C24H28F3N7O2/c25-13-8-17(26)21(18(27)9-13)32-24-31-19-11-29-23(30-14-3-6-16(35)10-14)33-22(19)34(24)15-4-1-12(2-5-15)7-20(28)36/h8-9,11-12,14-16,35H,1-7,10H2,(H2,28,36)(H,31,32)(H,29,30,33)/t12?,14-,15?,16-/m0/s1. The first-order valence-corrected chi connectivity index (χ1v) is 12.2. The predicted octanol–water partition coefficient (Wildman–Crippen LogP) is 3.92. The Bertz CT molecular complexity index is 1250. The van der Waals surface area contributed by atoms with E-state index in [1.54, 1.807) is 4.57 Å². The van der Waals surface area contributed by atoms with Crippen molar-refractivity contribution in [3.05, 3.63) is 35.8 Å².